The fraction of sp³-hybridized carbons (Fsp3) is 0.316. The zero-order valence-electron chi connectivity index (χ0n) is 13.8. The van der Waals surface area contributed by atoms with E-state index in [-0.39, 0.29) is 24.5 Å². The molecule has 0 saturated heterocycles. The van der Waals surface area contributed by atoms with Crippen LogP contribution in [0.2, 0.25) is 0 Å². The Balaban J connectivity index is 2.00. The first-order chi connectivity index (χ1) is 10.9. The minimum atomic E-state index is -0.212. The molecular weight excluding hydrogens is 290 g/mol. The van der Waals surface area contributed by atoms with Crippen LogP contribution < -0.4 is 10.1 Å². The van der Waals surface area contributed by atoms with E-state index in [0.717, 1.165) is 16.8 Å². The second-order valence-corrected chi connectivity index (χ2v) is 6.44. The lowest BCUT2D eigenvalue weighted by Crippen LogP contribution is -2.23. The summed E-state index contributed by atoms with van der Waals surface area (Å²) >= 11 is 0. The number of amides is 1. The molecule has 0 aromatic heterocycles. The maximum atomic E-state index is 12.1. The van der Waals surface area contributed by atoms with E-state index < -0.39 is 0 Å². The molecule has 4 heteroatoms. The Morgan fingerprint density at radius 2 is 1.87 bits per heavy atom. The van der Waals surface area contributed by atoms with Gasteiger partial charge in [-0.15, -0.1) is 0 Å². The Morgan fingerprint density at radius 3 is 2.57 bits per heavy atom. The molecular formula is C19H23NO3. The van der Waals surface area contributed by atoms with Crippen LogP contribution in [-0.2, 0) is 16.8 Å². The van der Waals surface area contributed by atoms with Gasteiger partial charge < -0.3 is 15.2 Å². The summed E-state index contributed by atoms with van der Waals surface area (Å²) < 4.78 is 5.48. The predicted octanol–water partition coefficient (Wildman–Crippen LogP) is 3.49. The number of anilines is 1. The summed E-state index contributed by atoms with van der Waals surface area (Å²) in [6, 6.07) is 14.8. The highest BCUT2D eigenvalue weighted by Gasteiger charge is 2.18. The summed E-state index contributed by atoms with van der Waals surface area (Å²) in [5.74, 6) is 0.354. The van der Waals surface area contributed by atoms with Gasteiger partial charge in [0.1, 0.15) is 5.75 Å². The smallest absolute Gasteiger partial charge is 0.262 e. The first-order valence-electron chi connectivity index (χ1n) is 7.62. The molecule has 0 radical (unpaired) electrons. The molecule has 4 nitrogen and oxygen atoms in total. The summed E-state index contributed by atoms with van der Waals surface area (Å²) in [4.78, 5) is 12.1. The number of nitrogens with one attached hydrogen (secondary N) is 1. The number of ether oxygens (including phenoxy) is 1. The molecule has 0 unspecified atom stereocenters. The first kappa shape index (κ1) is 17.0. The quantitative estimate of drug-likeness (QED) is 0.888. The Labute approximate surface area is 137 Å². The highest BCUT2D eigenvalue weighted by molar-refractivity contribution is 5.92. The molecule has 23 heavy (non-hydrogen) atoms. The third-order valence-corrected chi connectivity index (χ3v) is 3.46. The van der Waals surface area contributed by atoms with Gasteiger partial charge in [-0.1, -0.05) is 51.1 Å². The minimum Gasteiger partial charge on any atom is -0.484 e. The monoisotopic (exact) mass is 313 g/mol. The van der Waals surface area contributed by atoms with Crippen LogP contribution >= 0.6 is 0 Å². The fourth-order valence-corrected chi connectivity index (χ4v) is 2.31. The summed E-state index contributed by atoms with van der Waals surface area (Å²) in [6.45, 7) is 6.19. The number of aliphatic hydroxyl groups excluding tert-OH is 1. The van der Waals surface area contributed by atoms with Crippen LogP contribution in [0.3, 0.4) is 0 Å². The summed E-state index contributed by atoms with van der Waals surface area (Å²) in [7, 11) is 0. The van der Waals surface area contributed by atoms with Crippen molar-refractivity contribution in [3.05, 3.63) is 59.7 Å². The molecule has 2 aromatic carbocycles. The predicted molar refractivity (Wildman–Crippen MR) is 91.6 cm³/mol. The van der Waals surface area contributed by atoms with Crippen molar-refractivity contribution in [1.29, 1.82) is 0 Å². The summed E-state index contributed by atoms with van der Waals surface area (Å²) in [6.07, 6.45) is 0. The molecule has 0 aliphatic rings. The molecule has 2 aromatic rings. The minimum absolute atomic E-state index is 0.0532. The van der Waals surface area contributed by atoms with E-state index in [1.165, 1.54) is 0 Å². The molecule has 0 heterocycles. The number of hydrogen-bond donors (Lipinski definition) is 2. The van der Waals surface area contributed by atoms with Gasteiger partial charge in [0, 0.05) is 5.69 Å². The lowest BCUT2D eigenvalue weighted by Gasteiger charge is -2.23. The van der Waals surface area contributed by atoms with E-state index >= 15 is 0 Å². The van der Waals surface area contributed by atoms with E-state index in [2.05, 4.69) is 26.1 Å². The molecule has 1 amide bonds. The number of para-hydroxylation sites is 1. The lowest BCUT2D eigenvalue weighted by molar-refractivity contribution is -0.118. The van der Waals surface area contributed by atoms with Gasteiger partial charge in [0.2, 0.25) is 0 Å². The molecule has 2 rings (SSSR count). The average molecular weight is 313 g/mol. The van der Waals surface area contributed by atoms with Crippen molar-refractivity contribution in [2.45, 2.75) is 32.8 Å². The largest absolute Gasteiger partial charge is 0.484 e. The van der Waals surface area contributed by atoms with Gasteiger partial charge in [-0.2, -0.15) is 0 Å². The number of hydrogen-bond acceptors (Lipinski definition) is 3. The number of benzene rings is 2. The van der Waals surface area contributed by atoms with Crippen molar-refractivity contribution in [2.24, 2.45) is 0 Å². The van der Waals surface area contributed by atoms with Crippen LogP contribution in [0.25, 0.3) is 0 Å². The van der Waals surface area contributed by atoms with Crippen LogP contribution in [-0.4, -0.2) is 17.6 Å². The van der Waals surface area contributed by atoms with Crippen LogP contribution in [0.1, 0.15) is 31.9 Å². The van der Waals surface area contributed by atoms with Crippen molar-refractivity contribution in [3.8, 4) is 5.75 Å². The number of aliphatic hydroxyl groups is 1. The Hall–Kier alpha value is -2.33. The van der Waals surface area contributed by atoms with E-state index in [4.69, 9.17) is 9.84 Å². The Morgan fingerprint density at radius 1 is 1.13 bits per heavy atom. The van der Waals surface area contributed by atoms with Gasteiger partial charge in [0.25, 0.3) is 5.91 Å². The van der Waals surface area contributed by atoms with E-state index in [1.54, 1.807) is 24.3 Å². The van der Waals surface area contributed by atoms with Gasteiger partial charge in [0.05, 0.1) is 6.61 Å². The molecule has 0 saturated carbocycles. The maximum Gasteiger partial charge on any atom is 0.262 e. The molecule has 0 fully saturated rings. The third kappa shape index (κ3) is 4.83. The van der Waals surface area contributed by atoms with Gasteiger partial charge >= 0.3 is 0 Å². The molecule has 122 valence electrons. The van der Waals surface area contributed by atoms with Crippen LogP contribution in [0.5, 0.6) is 5.75 Å². The standard InChI is InChI=1S/C19H23NO3/c1-19(2,3)16-9-4-5-10-17(16)20-18(22)13-23-15-8-6-7-14(11-15)12-21/h4-11,21H,12-13H2,1-3H3,(H,20,22). The number of carbonyl (C=O) groups excluding carboxylic acids is 1. The lowest BCUT2D eigenvalue weighted by atomic mass is 9.86. The van der Waals surface area contributed by atoms with Gasteiger partial charge in [-0.3, -0.25) is 4.79 Å². The molecule has 2 N–H and O–H groups in total. The zero-order valence-corrected chi connectivity index (χ0v) is 13.8. The molecule has 0 atom stereocenters. The second kappa shape index (κ2) is 7.29. The van der Waals surface area contributed by atoms with Crippen molar-refractivity contribution >= 4 is 11.6 Å². The Kier molecular flexibility index (Phi) is 5.40. The first-order valence-corrected chi connectivity index (χ1v) is 7.62. The van der Waals surface area contributed by atoms with Crippen molar-refractivity contribution in [2.75, 3.05) is 11.9 Å². The van der Waals surface area contributed by atoms with Crippen molar-refractivity contribution < 1.29 is 14.6 Å². The van der Waals surface area contributed by atoms with Crippen molar-refractivity contribution in [1.82, 2.24) is 0 Å². The highest BCUT2D eigenvalue weighted by Crippen LogP contribution is 2.29. The van der Waals surface area contributed by atoms with E-state index in [9.17, 15) is 4.79 Å². The summed E-state index contributed by atoms with van der Waals surface area (Å²) in [5.41, 5.74) is 2.58. The fourth-order valence-electron chi connectivity index (χ4n) is 2.31. The topological polar surface area (TPSA) is 58.6 Å². The molecule has 0 aliphatic heterocycles. The second-order valence-electron chi connectivity index (χ2n) is 6.44. The van der Waals surface area contributed by atoms with Gasteiger partial charge in [-0.25, -0.2) is 0 Å². The normalized spacial score (nSPS) is 11.1. The maximum absolute atomic E-state index is 12.1. The zero-order chi connectivity index (χ0) is 16.9. The summed E-state index contributed by atoms with van der Waals surface area (Å²) in [5, 5.41) is 12.0. The number of carbonyl (C=O) groups is 1. The molecule has 0 aliphatic carbocycles. The highest BCUT2D eigenvalue weighted by atomic mass is 16.5. The Bertz CT molecular complexity index is 674. The van der Waals surface area contributed by atoms with Crippen molar-refractivity contribution in [3.63, 3.8) is 0 Å². The molecule has 0 spiro atoms. The van der Waals surface area contributed by atoms with E-state index in [0.29, 0.717) is 5.75 Å². The van der Waals surface area contributed by atoms with Crippen LogP contribution in [0.4, 0.5) is 5.69 Å². The van der Waals surface area contributed by atoms with E-state index in [1.807, 2.05) is 24.3 Å². The van der Waals surface area contributed by atoms with Gasteiger partial charge in [0.15, 0.2) is 6.61 Å². The van der Waals surface area contributed by atoms with Gasteiger partial charge in [-0.05, 0) is 34.7 Å². The SMILES string of the molecule is CC(C)(C)c1ccccc1NC(=O)COc1cccc(CO)c1. The van der Waals surface area contributed by atoms with Crippen LogP contribution in [0.15, 0.2) is 48.5 Å². The third-order valence-electron chi connectivity index (χ3n) is 3.46. The van der Waals surface area contributed by atoms with Crippen LogP contribution in [0, 0.1) is 0 Å². The number of rotatable bonds is 5. The average Bonchev–Trinajstić information content (AvgIpc) is 2.52. The molecule has 0 bridgehead atoms.